The molecule has 1 aliphatic carbocycles. The molecule has 0 unspecified atom stereocenters. The Bertz CT molecular complexity index is 1170. The number of carbonyl (C=O) groups excluding carboxylic acids is 1. The van der Waals surface area contributed by atoms with Crippen molar-refractivity contribution in [2.45, 2.75) is 83.3 Å². The molecule has 0 amide bonds. The Labute approximate surface area is 225 Å². The standard InChI is InChI=1S/C30H39N5O3/c1-4-37-29(36)25-18-24(21-10-12-22(13-11-21)30(19-31)14-16-33-17-15-30)26(27(32)38-20(2)3)28(35-25)34-23-8-6-5-7-9-23/h10-13,18,20,23,32-33H,4-9,14-17H2,1-3H3,(H,34,35). The van der Waals surface area contributed by atoms with Crippen molar-refractivity contribution < 1.29 is 14.3 Å². The lowest BCUT2D eigenvalue weighted by Gasteiger charge is -2.31. The van der Waals surface area contributed by atoms with E-state index >= 15 is 0 Å². The number of piperidine rings is 1. The number of rotatable bonds is 8. The van der Waals surface area contributed by atoms with E-state index in [4.69, 9.17) is 14.9 Å². The molecule has 1 saturated heterocycles. The van der Waals surface area contributed by atoms with Crippen LogP contribution in [0.25, 0.3) is 11.1 Å². The summed E-state index contributed by atoms with van der Waals surface area (Å²) in [7, 11) is 0. The predicted molar refractivity (Wildman–Crippen MR) is 149 cm³/mol. The first-order chi connectivity index (χ1) is 18.4. The van der Waals surface area contributed by atoms with Gasteiger partial charge in [0.05, 0.1) is 29.8 Å². The van der Waals surface area contributed by atoms with Gasteiger partial charge in [-0.25, -0.2) is 9.78 Å². The van der Waals surface area contributed by atoms with Gasteiger partial charge in [0.25, 0.3) is 0 Å². The van der Waals surface area contributed by atoms with Crippen LogP contribution in [0.2, 0.25) is 0 Å². The first-order valence-electron chi connectivity index (χ1n) is 13.8. The summed E-state index contributed by atoms with van der Waals surface area (Å²) < 4.78 is 11.2. The number of anilines is 1. The zero-order valence-electron chi connectivity index (χ0n) is 22.7. The van der Waals surface area contributed by atoms with Crippen molar-refractivity contribution in [3.8, 4) is 17.2 Å². The molecule has 8 heteroatoms. The Morgan fingerprint density at radius 3 is 2.50 bits per heavy atom. The Hall–Kier alpha value is -3.44. The smallest absolute Gasteiger partial charge is 0.357 e. The van der Waals surface area contributed by atoms with Gasteiger partial charge in [0.15, 0.2) is 5.69 Å². The number of nitrogens with zero attached hydrogens (tertiary/aromatic N) is 2. The third kappa shape index (κ3) is 6.16. The van der Waals surface area contributed by atoms with Gasteiger partial charge in [0, 0.05) is 11.6 Å². The first-order valence-corrected chi connectivity index (χ1v) is 13.8. The van der Waals surface area contributed by atoms with E-state index in [0.717, 1.165) is 62.7 Å². The first kappa shape index (κ1) is 27.6. The third-order valence-electron chi connectivity index (χ3n) is 7.45. The Morgan fingerprint density at radius 2 is 1.89 bits per heavy atom. The molecule has 2 heterocycles. The summed E-state index contributed by atoms with van der Waals surface area (Å²) in [5.74, 6) is -0.0239. The van der Waals surface area contributed by atoms with Crippen molar-refractivity contribution in [1.82, 2.24) is 10.3 Å². The van der Waals surface area contributed by atoms with Crippen molar-refractivity contribution in [1.29, 1.82) is 10.7 Å². The van der Waals surface area contributed by atoms with E-state index < -0.39 is 11.4 Å². The van der Waals surface area contributed by atoms with Crippen LogP contribution in [0.5, 0.6) is 0 Å². The summed E-state index contributed by atoms with van der Waals surface area (Å²) in [5, 5.41) is 25.8. The summed E-state index contributed by atoms with van der Waals surface area (Å²) in [6, 6.07) is 12.4. The monoisotopic (exact) mass is 517 g/mol. The van der Waals surface area contributed by atoms with Crippen LogP contribution in [-0.2, 0) is 14.9 Å². The summed E-state index contributed by atoms with van der Waals surface area (Å²) in [4.78, 5) is 17.5. The number of esters is 1. The zero-order valence-corrected chi connectivity index (χ0v) is 22.7. The largest absolute Gasteiger partial charge is 0.475 e. The highest BCUT2D eigenvalue weighted by molar-refractivity contribution is 6.05. The van der Waals surface area contributed by atoms with E-state index in [1.807, 2.05) is 38.1 Å². The van der Waals surface area contributed by atoms with E-state index in [2.05, 4.69) is 21.7 Å². The molecule has 4 rings (SSSR count). The fourth-order valence-corrected chi connectivity index (χ4v) is 5.44. The lowest BCUT2D eigenvalue weighted by molar-refractivity contribution is 0.0519. The van der Waals surface area contributed by atoms with Crippen LogP contribution in [0.3, 0.4) is 0 Å². The molecule has 0 radical (unpaired) electrons. The second-order valence-corrected chi connectivity index (χ2v) is 10.5. The lowest BCUT2D eigenvalue weighted by Crippen LogP contribution is -2.38. The molecule has 38 heavy (non-hydrogen) atoms. The molecule has 202 valence electrons. The van der Waals surface area contributed by atoms with E-state index in [-0.39, 0.29) is 30.3 Å². The average molecular weight is 518 g/mol. The number of benzene rings is 1. The number of carbonyl (C=O) groups is 1. The van der Waals surface area contributed by atoms with Gasteiger partial charge in [-0.05, 0) is 76.7 Å². The average Bonchev–Trinajstić information content (AvgIpc) is 2.93. The number of nitrogens with one attached hydrogen (secondary N) is 3. The molecular formula is C30H39N5O3. The van der Waals surface area contributed by atoms with Gasteiger partial charge in [0.2, 0.25) is 5.90 Å². The maximum atomic E-state index is 12.8. The second-order valence-electron chi connectivity index (χ2n) is 10.5. The Morgan fingerprint density at radius 1 is 1.21 bits per heavy atom. The summed E-state index contributed by atoms with van der Waals surface area (Å²) in [5.41, 5.74) is 2.69. The highest BCUT2D eigenvalue weighted by Gasteiger charge is 2.34. The Balaban J connectivity index is 1.82. The lowest BCUT2D eigenvalue weighted by atomic mass is 9.74. The van der Waals surface area contributed by atoms with Gasteiger partial charge in [-0.3, -0.25) is 5.41 Å². The molecule has 8 nitrogen and oxygen atoms in total. The molecule has 3 N–H and O–H groups in total. The molecule has 0 spiro atoms. The minimum atomic E-state index is -0.512. The van der Waals surface area contributed by atoms with Gasteiger partial charge in [-0.15, -0.1) is 0 Å². The summed E-state index contributed by atoms with van der Waals surface area (Å²) in [6.07, 6.45) is 6.84. The fourth-order valence-electron chi connectivity index (χ4n) is 5.44. The van der Waals surface area contributed by atoms with Crippen molar-refractivity contribution in [2.24, 2.45) is 0 Å². The van der Waals surface area contributed by atoms with Gasteiger partial charge in [-0.1, -0.05) is 43.5 Å². The normalized spacial score (nSPS) is 17.4. The molecule has 1 aromatic carbocycles. The minimum Gasteiger partial charge on any atom is -0.475 e. The highest BCUT2D eigenvalue weighted by Crippen LogP contribution is 2.36. The number of nitriles is 1. The number of ether oxygens (including phenoxy) is 2. The number of aromatic nitrogens is 1. The highest BCUT2D eigenvalue weighted by atomic mass is 16.5. The van der Waals surface area contributed by atoms with Crippen molar-refractivity contribution in [3.05, 3.63) is 47.2 Å². The topological polar surface area (TPSA) is 120 Å². The maximum absolute atomic E-state index is 12.8. The van der Waals surface area contributed by atoms with Gasteiger partial charge >= 0.3 is 5.97 Å². The van der Waals surface area contributed by atoms with Gasteiger partial charge in [0.1, 0.15) is 5.82 Å². The molecule has 1 aromatic heterocycles. The molecule has 2 aromatic rings. The van der Waals surface area contributed by atoms with Crippen LogP contribution < -0.4 is 10.6 Å². The fraction of sp³-hybridized carbons (Fsp3) is 0.533. The number of hydrogen-bond acceptors (Lipinski definition) is 8. The molecule has 0 bridgehead atoms. The summed E-state index contributed by atoms with van der Waals surface area (Å²) >= 11 is 0. The van der Waals surface area contributed by atoms with E-state index in [1.54, 1.807) is 13.0 Å². The predicted octanol–water partition coefficient (Wildman–Crippen LogP) is 5.57. The third-order valence-corrected chi connectivity index (χ3v) is 7.45. The van der Waals surface area contributed by atoms with Crippen LogP contribution >= 0.6 is 0 Å². The van der Waals surface area contributed by atoms with Gasteiger partial charge < -0.3 is 20.1 Å². The van der Waals surface area contributed by atoms with Crippen LogP contribution in [0.15, 0.2) is 30.3 Å². The van der Waals surface area contributed by atoms with Crippen molar-refractivity contribution >= 4 is 17.7 Å². The Kier molecular flexibility index (Phi) is 9.01. The minimum absolute atomic E-state index is 0.00662. The van der Waals surface area contributed by atoms with Crippen molar-refractivity contribution in [2.75, 3.05) is 25.0 Å². The van der Waals surface area contributed by atoms with Crippen LogP contribution in [0.4, 0.5) is 5.82 Å². The molecule has 2 fully saturated rings. The SMILES string of the molecule is CCOC(=O)c1cc(-c2ccc(C3(C#N)CCNCC3)cc2)c(C(=N)OC(C)C)c(NC2CCCCC2)n1. The summed E-state index contributed by atoms with van der Waals surface area (Å²) in [6.45, 7) is 7.41. The molecule has 1 saturated carbocycles. The van der Waals surface area contributed by atoms with Gasteiger partial charge in [-0.2, -0.15) is 5.26 Å². The molecule has 2 aliphatic rings. The molecule has 1 aliphatic heterocycles. The van der Waals surface area contributed by atoms with Crippen LogP contribution in [0.1, 0.15) is 87.3 Å². The number of pyridine rings is 1. The number of hydrogen-bond donors (Lipinski definition) is 3. The second kappa shape index (κ2) is 12.4. The van der Waals surface area contributed by atoms with E-state index in [1.165, 1.54) is 6.42 Å². The molecule has 0 atom stereocenters. The van der Waals surface area contributed by atoms with Crippen LogP contribution in [-0.4, -0.2) is 48.7 Å². The van der Waals surface area contributed by atoms with E-state index in [9.17, 15) is 10.1 Å². The van der Waals surface area contributed by atoms with Crippen molar-refractivity contribution in [3.63, 3.8) is 0 Å². The quantitative estimate of drug-likeness (QED) is 0.238. The van der Waals surface area contributed by atoms with Crippen LogP contribution in [0, 0.1) is 16.7 Å². The zero-order chi connectivity index (χ0) is 27.1. The van der Waals surface area contributed by atoms with E-state index in [0.29, 0.717) is 16.9 Å². The molecular weight excluding hydrogens is 478 g/mol. The maximum Gasteiger partial charge on any atom is 0.357 e.